The van der Waals surface area contributed by atoms with Crippen LogP contribution >= 0.6 is 0 Å². The van der Waals surface area contributed by atoms with Crippen LogP contribution in [0.2, 0.25) is 0 Å². The second kappa shape index (κ2) is 1.69. The molecular formula is C9H13NO2. The van der Waals surface area contributed by atoms with Crippen molar-refractivity contribution in [3.05, 3.63) is 0 Å². The van der Waals surface area contributed by atoms with Crippen molar-refractivity contribution in [1.82, 2.24) is 5.32 Å². The summed E-state index contributed by atoms with van der Waals surface area (Å²) in [6.07, 6.45) is 1.10. The van der Waals surface area contributed by atoms with Gasteiger partial charge in [0.1, 0.15) is 0 Å². The number of carbonyl (C=O) groups is 1. The van der Waals surface area contributed by atoms with Crippen LogP contribution in [-0.2, 0) is 9.53 Å². The second-order valence-electron chi connectivity index (χ2n) is 4.53. The van der Waals surface area contributed by atoms with E-state index in [1.54, 1.807) is 0 Å². The molecule has 2 bridgehead atoms. The first-order chi connectivity index (χ1) is 5.62. The Morgan fingerprint density at radius 3 is 3.00 bits per heavy atom. The highest BCUT2D eigenvalue weighted by molar-refractivity contribution is 5.83. The second-order valence-corrected chi connectivity index (χ2v) is 4.53. The topological polar surface area (TPSA) is 38.3 Å². The fourth-order valence-electron chi connectivity index (χ4n) is 3.00. The van der Waals surface area contributed by atoms with E-state index in [0.29, 0.717) is 12.0 Å². The number of ether oxygens (including phenoxy) is 1. The van der Waals surface area contributed by atoms with Gasteiger partial charge in [-0.1, -0.05) is 6.92 Å². The summed E-state index contributed by atoms with van der Waals surface area (Å²) in [5.74, 6) is 0.833. The highest BCUT2D eigenvalue weighted by atomic mass is 16.5. The van der Waals surface area contributed by atoms with E-state index in [2.05, 4.69) is 19.2 Å². The number of carbonyl (C=O) groups excluding carboxylic acids is 1. The summed E-state index contributed by atoms with van der Waals surface area (Å²) in [5, 5.41) is 3.02. The van der Waals surface area contributed by atoms with Gasteiger partial charge in [0, 0.05) is 5.92 Å². The van der Waals surface area contributed by atoms with Crippen molar-refractivity contribution in [2.45, 2.75) is 38.0 Å². The standard InChI is InChI=1S/C9H13NO2/c1-4-6-7-5(8(11)10-6)3-9(4,2)12-7/h4-7H,3H2,1-2H3,(H,10,11). The molecule has 0 aromatic heterocycles. The minimum atomic E-state index is -0.0286. The third-order valence-electron chi connectivity index (χ3n) is 3.93. The van der Waals surface area contributed by atoms with E-state index >= 15 is 0 Å². The SMILES string of the molecule is CC1C2NC(=O)C3CC1(C)OC32. The lowest BCUT2D eigenvalue weighted by Gasteiger charge is -2.27. The molecule has 3 saturated heterocycles. The van der Waals surface area contributed by atoms with Crippen LogP contribution in [0.1, 0.15) is 20.3 Å². The summed E-state index contributed by atoms with van der Waals surface area (Å²) in [6.45, 7) is 4.30. The first kappa shape index (κ1) is 6.89. The van der Waals surface area contributed by atoms with Gasteiger partial charge in [-0.15, -0.1) is 0 Å². The van der Waals surface area contributed by atoms with Crippen molar-refractivity contribution in [1.29, 1.82) is 0 Å². The lowest BCUT2D eigenvalue weighted by Crippen LogP contribution is -2.39. The molecule has 0 aromatic rings. The van der Waals surface area contributed by atoms with Crippen molar-refractivity contribution < 1.29 is 9.53 Å². The maximum Gasteiger partial charge on any atom is 0.226 e. The van der Waals surface area contributed by atoms with Crippen LogP contribution in [0.15, 0.2) is 0 Å². The molecule has 0 aliphatic carbocycles. The van der Waals surface area contributed by atoms with Crippen LogP contribution in [0, 0.1) is 11.8 Å². The summed E-state index contributed by atoms with van der Waals surface area (Å²) in [5.41, 5.74) is -0.0286. The van der Waals surface area contributed by atoms with Crippen LogP contribution in [0.4, 0.5) is 0 Å². The number of amides is 1. The van der Waals surface area contributed by atoms with Crippen LogP contribution in [0.5, 0.6) is 0 Å². The van der Waals surface area contributed by atoms with E-state index in [0.717, 1.165) is 6.42 Å². The average Bonchev–Trinajstić information content (AvgIpc) is 2.52. The Labute approximate surface area is 71.5 Å². The number of hydrogen-bond acceptors (Lipinski definition) is 2. The number of hydrogen-bond donors (Lipinski definition) is 1. The Morgan fingerprint density at radius 2 is 2.42 bits per heavy atom. The Kier molecular flexibility index (Phi) is 0.971. The highest BCUT2D eigenvalue weighted by Gasteiger charge is 2.65. The average molecular weight is 167 g/mol. The van der Waals surface area contributed by atoms with E-state index in [1.807, 2.05) is 0 Å². The molecule has 3 rings (SSSR count). The van der Waals surface area contributed by atoms with E-state index in [-0.39, 0.29) is 23.5 Å². The predicted molar refractivity (Wildman–Crippen MR) is 42.5 cm³/mol. The summed E-state index contributed by atoms with van der Waals surface area (Å²) in [6, 6.07) is 0.293. The number of fused-ring (bicyclic) bond motifs is 1. The Morgan fingerprint density at radius 1 is 1.67 bits per heavy atom. The fraction of sp³-hybridized carbons (Fsp3) is 0.889. The maximum atomic E-state index is 11.4. The van der Waals surface area contributed by atoms with Gasteiger partial charge < -0.3 is 10.1 Å². The molecule has 3 aliphatic heterocycles. The molecule has 66 valence electrons. The minimum Gasteiger partial charge on any atom is -0.369 e. The molecule has 3 heteroatoms. The third-order valence-corrected chi connectivity index (χ3v) is 3.93. The van der Waals surface area contributed by atoms with Gasteiger partial charge in [0.05, 0.1) is 23.7 Å². The van der Waals surface area contributed by atoms with Crippen LogP contribution in [-0.4, -0.2) is 23.7 Å². The van der Waals surface area contributed by atoms with E-state index in [9.17, 15) is 4.79 Å². The molecule has 0 saturated carbocycles. The zero-order chi connectivity index (χ0) is 8.51. The Hall–Kier alpha value is -0.570. The first-order valence-electron chi connectivity index (χ1n) is 4.60. The zero-order valence-corrected chi connectivity index (χ0v) is 7.33. The smallest absolute Gasteiger partial charge is 0.226 e. The van der Waals surface area contributed by atoms with Crippen LogP contribution in [0.3, 0.4) is 0 Å². The van der Waals surface area contributed by atoms with E-state index in [1.165, 1.54) is 0 Å². The molecule has 3 nitrogen and oxygen atoms in total. The van der Waals surface area contributed by atoms with Gasteiger partial charge in [0.2, 0.25) is 5.91 Å². The molecule has 12 heavy (non-hydrogen) atoms. The van der Waals surface area contributed by atoms with Gasteiger partial charge in [0.15, 0.2) is 0 Å². The largest absolute Gasteiger partial charge is 0.369 e. The molecule has 0 aromatic carbocycles. The van der Waals surface area contributed by atoms with Crippen LogP contribution < -0.4 is 5.32 Å². The predicted octanol–water partition coefficient (Wildman–Crippen LogP) is 0.298. The molecular weight excluding hydrogens is 154 g/mol. The van der Waals surface area contributed by atoms with Gasteiger partial charge >= 0.3 is 0 Å². The van der Waals surface area contributed by atoms with Gasteiger partial charge in [0.25, 0.3) is 0 Å². The van der Waals surface area contributed by atoms with Gasteiger partial charge in [-0.25, -0.2) is 0 Å². The Bertz CT molecular complexity index is 265. The minimum absolute atomic E-state index is 0.0286. The molecule has 5 unspecified atom stereocenters. The summed E-state index contributed by atoms with van der Waals surface area (Å²) < 4.78 is 5.85. The fourth-order valence-corrected chi connectivity index (χ4v) is 3.00. The quantitative estimate of drug-likeness (QED) is 0.563. The molecule has 3 heterocycles. The van der Waals surface area contributed by atoms with E-state index < -0.39 is 0 Å². The van der Waals surface area contributed by atoms with Crippen molar-refractivity contribution in [3.8, 4) is 0 Å². The number of rotatable bonds is 0. The molecule has 3 fully saturated rings. The van der Waals surface area contributed by atoms with Crippen molar-refractivity contribution in [3.63, 3.8) is 0 Å². The monoisotopic (exact) mass is 167 g/mol. The molecule has 0 radical (unpaired) electrons. The van der Waals surface area contributed by atoms with Crippen molar-refractivity contribution in [2.24, 2.45) is 11.8 Å². The summed E-state index contributed by atoms with van der Waals surface area (Å²) >= 11 is 0. The van der Waals surface area contributed by atoms with Crippen molar-refractivity contribution in [2.75, 3.05) is 0 Å². The molecule has 1 N–H and O–H groups in total. The van der Waals surface area contributed by atoms with Gasteiger partial charge in [-0.05, 0) is 13.3 Å². The first-order valence-corrected chi connectivity index (χ1v) is 4.60. The summed E-state index contributed by atoms with van der Waals surface area (Å²) in [4.78, 5) is 11.4. The van der Waals surface area contributed by atoms with E-state index in [4.69, 9.17) is 4.74 Å². The van der Waals surface area contributed by atoms with Crippen LogP contribution in [0.25, 0.3) is 0 Å². The van der Waals surface area contributed by atoms with Gasteiger partial charge in [-0.2, -0.15) is 0 Å². The normalized spacial score (nSPS) is 61.0. The molecule has 3 aliphatic rings. The number of nitrogens with one attached hydrogen (secondary N) is 1. The lowest BCUT2D eigenvalue weighted by atomic mass is 9.75. The Balaban J connectivity index is 2.08. The van der Waals surface area contributed by atoms with Crippen molar-refractivity contribution >= 4 is 5.91 Å². The summed E-state index contributed by atoms with van der Waals surface area (Å²) in [7, 11) is 0. The molecule has 5 atom stereocenters. The third kappa shape index (κ3) is 0.534. The molecule has 1 amide bonds. The highest BCUT2D eigenvalue weighted by Crippen LogP contribution is 2.53. The van der Waals surface area contributed by atoms with Gasteiger partial charge in [-0.3, -0.25) is 4.79 Å². The lowest BCUT2D eigenvalue weighted by molar-refractivity contribution is -0.122. The maximum absolute atomic E-state index is 11.4. The molecule has 0 spiro atoms. The zero-order valence-electron chi connectivity index (χ0n) is 7.33.